The van der Waals surface area contributed by atoms with E-state index in [1.54, 1.807) is 13.2 Å². The van der Waals surface area contributed by atoms with Crippen molar-refractivity contribution in [1.82, 2.24) is 9.78 Å². The van der Waals surface area contributed by atoms with Gasteiger partial charge in [-0.2, -0.15) is 5.10 Å². The summed E-state index contributed by atoms with van der Waals surface area (Å²) >= 11 is 6.05. The summed E-state index contributed by atoms with van der Waals surface area (Å²) in [6, 6.07) is 0.412. The van der Waals surface area contributed by atoms with Gasteiger partial charge in [0.1, 0.15) is 5.02 Å². The minimum Gasteiger partial charge on any atom is -0.380 e. The van der Waals surface area contributed by atoms with E-state index in [9.17, 15) is 4.79 Å². The van der Waals surface area contributed by atoms with Gasteiger partial charge in [0.2, 0.25) is 0 Å². The lowest BCUT2D eigenvalue weighted by Gasteiger charge is -2.29. The molecule has 1 fully saturated rings. The van der Waals surface area contributed by atoms with Crippen molar-refractivity contribution >= 4 is 17.3 Å². The van der Waals surface area contributed by atoms with Gasteiger partial charge in [0.05, 0.1) is 11.9 Å². The second kappa shape index (κ2) is 5.74. The second-order valence-electron chi connectivity index (χ2n) is 5.08. The van der Waals surface area contributed by atoms with Gasteiger partial charge in [0, 0.05) is 13.1 Å². The Labute approximate surface area is 112 Å². The molecule has 1 saturated carbocycles. The Morgan fingerprint density at radius 3 is 3.06 bits per heavy atom. The summed E-state index contributed by atoms with van der Waals surface area (Å²) < 4.78 is 1.25. The number of aromatic nitrogens is 2. The molecule has 18 heavy (non-hydrogen) atoms. The molecule has 2 atom stereocenters. The largest absolute Gasteiger partial charge is 0.380 e. The van der Waals surface area contributed by atoms with Crippen molar-refractivity contribution < 1.29 is 0 Å². The number of halogens is 1. The van der Waals surface area contributed by atoms with Crippen LogP contribution in [0.15, 0.2) is 11.0 Å². The molecule has 100 valence electrons. The van der Waals surface area contributed by atoms with Crippen LogP contribution < -0.4 is 10.9 Å². The molecule has 2 unspecified atom stereocenters. The molecule has 1 heterocycles. The van der Waals surface area contributed by atoms with Crippen molar-refractivity contribution in [3.8, 4) is 0 Å². The predicted molar refractivity (Wildman–Crippen MR) is 74.1 cm³/mol. The Hall–Kier alpha value is -1.03. The van der Waals surface area contributed by atoms with Crippen LogP contribution >= 0.6 is 11.6 Å². The fourth-order valence-electron chi connectivity index (χ4n) is 2.62. The Kier molecular flexibility index (Phi) is 4.27. The summed E-state index contributed by atoms with van der Waals surface area (Å²) in [4.78, 5) is 11.7. The highest BCUT2D eigenvalue weighted by Crippen LogP contribution is 2.29. The van der Waals surface area contributed by atoms with E-state index in [1.165, 1.54) is 23.9 Å². The number of hydrogen-bond acceptors (Lipinski definition) is 3. The van der Waals surface area contributed by atoms with E-state index < -0.39 is 0 Å². The van der Waals surface area contributed by atoms with Crippen molar-refractivity contribution in [1.29, 1.82) is 0 Å². The smallest absolute Gasteiger partial charge is 0.287 e. The lowest BCUT2D eigenvalue weighted by Crippen LogP contribution is -2.29. The Morgan fingerprint density at radius 1 is 1.56 bits per heavy atom. The van der Waals surface area contributed by atoms with E-state index in [0.717, 1.165) is 18.8 Å². The fourth-order valence-corrected chi connectivity index (χ4v) is 2.85. The highest BCUT2D eigenvalue weighted by atomic mass is 35.5. The molecule has 0 saturated heterocycles. The standard InChI is InChI=1S/C13H20ClN3O/c1-3-9-5-4-6-10(7-9)16-11-8-15-17(2)13(18)12(11)14/h8-10,16H,3-7H2,1-2H3. The first-order chi connectivity index (χ1) is 8.61. The van der Waals surface area contributed by atoms with Crippen molar-refractivity contribution in [2.75, 3.05) is 5.32 Å². The molecule has 1 aromatic heterocycles. The average Bonchev–Trinajstić information content (AvgIpc) is 2.40. The molecule has 1 aliphatic rings. The summed E-state index contributed by atoms with van der Waals surface area (Å²) in [6.07, 6.45) is 7.72. The van der Waals surface area contributed by atoms with Gasteiger partial charge in [-0.1, -0.05) is 37.8 Å². The second-order valence-corrected chi connectivity index (χ2v) is 5.46. The molecule has 1 N–H and O–H groups in total. The number of nitrogens with zero attached hydrogens (tertiary/aromatic N) is 2. The van der Waals surface area contributed by atoms with Crippen LogP contribution in [0, 0.1) is 5.92 Å². The van der Waals surface area contributed by atoms with E-state index in [-0.39, 0.29) is 10.6 Å². The lowest BCUT2D eigenvalue weighted by molar-refractivity contribution is 0.327. The monoisotopic (exact) mass is 269 g/mol. The molecule has 0 aromatic carbocycles. The molecular weight excluding hydrogens is 250 g/mol. The van der Waals surface area contributed by atoms with Crippen molar-refractivity contribution in [3.63, 3.8) is 0 Å². The summed E-state index contributed by atoms with van der Waals surface area (Å²) in [5.41, 5.74) is 0.422. The Bertz CT molecular complexity index is 472. The van der Waals surface area contributed by atoms with Gasteiger partial charge >= 0.3 is 0 Å². The number of nitrogens with one attached hydrogen (secondary N) is 1. The molecule has 5 heteroatoms. The molecule has 4 nitrogen and oxygen atoms in total. The third-order valence-electron chi connectivity index (χ3n) is 3.80. The first-order valence-corrected chi connectivity index (χ1v) is 6.98. The number of hydrogen-bond donors (Lipinski definition) is 1. The van der Waals surface area contributed by atoms with Gasteiger partial charge in [0.25, 0.3) is 5.56 Å². The quantitative estimate of drug-likeness (QED) is 0.918. The molecule has 0 spiro atoms. The fraction of sp³-hybridized carbons (Fsp3) is 0.692. The maximum absolute atomic E-state index is 11.7. The maximum Gasteiger partial charge on any atom is 0.287 e. The van der Waals surface area contributed by atoms with Crippen LogP contribution in [0.1, 0.15) is 39.0 Å². The van der Waals surface area contributed by atoms with Crippen LogP contribution in [0.25, 0.3) is 0 Å². The van der Waals surface area contributed by atoms with Crippen molar-refractivity contribution in [2.45, 2.75) is 45.1 Å². The Balaban J connectivity index is 2.10. The first-order valence-electron chi connectivity index (χ1n) is 6.60. The van der Waals surface area contributed by atoms with Crippen LogP contribution in [0.2, 0.25) is 5.02 Å². The zero-order chi connectivity index (χ0) is 13.1. The molecule has 0 bridgehead atoms. The topological polar surface area (TPSA) is 46.9 Å². The van der Waals surface area contributed by atoms with Gasteiger partial charge in [-0.25, -0.2) is 4.68 Å². The zero-order valence-electron chi connectivity index (χ0n) is 10.9. The number of aryl methyl sites for hydroxylation is 1. The molecule has 1 aliphatic carbocycles. The van der Waals surface area contributed by atoms with Crippen LogP contribution in [-0.2, 0) is 7.05 Å². The highest BCUT2D eigenvalue weighted by molar-refractivity contribution is 6.32. The molecule has 1 aromatic rings. The lowest BCUT2D eigenvalue weighted by atomic mass is 9.84. The van der Waals surface area contributed by atoms with E-state index >= 15 is 0 Å². The highest BCUT2D eigenvalue weighted by Gasteiger charge is 2.21. The van der Waals surface area contributed by atoms with Crippen molar-refractivity contribution in [2.24, 2.45) is 13.0 Å². The summed E-state index contributed by atoms with van der Waals surface area (Å²) in [5.74, 6) is 0.787. The van der Waals surface area contributed by atoms with Gasteiger partial charge < -0.3 is 5.32 Å². The van der Waals surface area contributed by atoms with Crippen molar-refractivity contribution in [3.05, 3.63) is 21.6 Å². The zero-order valence-corrected chi connectivity index (χ0v) is 11.7. The van der Waals surface area contributed by atoms with E-state index in [4.69, 9.17) is 11.6 Å². The minimum atomic E-state index is -0.246. The van der Waals surface area contributed by atoms with E-state index in [1.807, 2.05) is 0 Å². The average molecular weight is 270 g/mol. The number of rotatable bonds is 3. The van der Waals surface area contributed by atoms with E-state index in [0.29, 0.717) is 11.7 Å². The maximum atomic E-state index is 11.7. The van der Waals surface area contributed by atoms with Gasteiger partial charge in [-0.15, -0.1) is 0 Å². The Morgan fingerprint density at radius 2 is 2.33 bits per heavy atom. The third-order valence-corrected chi connectivity index (χ3v) is 4.16. The molecule has 0 amide bonds. The first kappa shape index (κ1) is 13.4. The van der Waals surface area contributed by atoms with Crippen LogP contribution in [0.5, 0.6) is 0 Å². The van der Waals surface area contributed by atoms with Crippen LogP contribution in [0.3, 0.4) is 0 Å². The molecular formula is C13H20ClN3O. The van der Waals surface area contributed by atoms with Gasteiger partial charge in [-0.3, -0.25) is 4.79 Å². The van der Waals surface area contributed by atoms with Gasteiger partial charge in [0.15, 0.2) is 0 Å². The molecule has 2 rings (SSSR count). The van der Waals surface area contributed by atoms with E-state index in [2.05, 4.69) is 17.3 Å². The van der Waals surface area contributed by atoms with Crippen LogP contribution in [0.4, 0.5) is 5.69 Å². The number of anilines is 1. The summed E-state index contributed by atoms with van der Waals surface area (Å²) in [7, 11) is 1.60. The normalized spacial score (nSPS) is 23.9. The molecule has 0 aliphatic heterocycles. The summed E-state index contributed by atoms with van der Waals surface area (Å²) in [5, 5.41) is 7.62. The van der Waals surface area contributed by atoms with Gasteiger partial charge in [-0.05, 0) is 18.8 Å². The third kappa shape index (κ3) is 2.86. The molecule has 0 radical (unpaired) electrons. The predicted octanol–water partition coefficient (Wildman–Crippen LogP) is 2.81. The minimum absolute atomic E-state index is 0.242. The van der Waals surface area contributed by atoms with Crippen LogP contribution in [-0.4, -0.2) is 15.8 Å². The SMILES string of the molecule is CCC1CCCC(Nc2cnn(C)c(=O)c2Cl)C1. The summed E-state index contributed by atoms with van der Waals surface area (Å²) in [6.45, 7) is 2.24.